The number of piperidine rings is 1. The van der Waals surface area contributed by atoms with Gasteiger partial charge in [-0.2, -0.15) is 13.2 Å². The van der Waals surface area contributed by atoms with Crippen LogP contribution in [-0.4, -0.2) is 24.3 Å². The molecule has 2 nitrogen and oxygen atoms in total. The molecule has 1 N–H and O–H groups in total. The maximum absolute atomic E-state index is 12.7. The fourth-order valence-corrected chi connectivity index (χ4v) is 2.30. The van der Waals surface area contributed by atoms with E-state index >= 15 is 0 Å². The predicted molar refractivity (Wildman–Crippen MR) is 63.6 cm³/mol. The van der Waals surface area contributed by atoms with Crippen LogP contribution in [0.15, 0.2) is 18.2 Å². The monoisotopic (exact) mass is 259 g/mol. The minimum atomic E-state index is -4.32. The highest BCUT2D eigenvalue weighted by atomic mass is 19.4. The van der Waals surface area contributed by atoms with E-state index in [9.17, 15) is 18.3 Å². The lowest BCUT2D eigenvalue weighted by Gasteiger charge is -2.32. The first-order valence-electron chi connectivity index (χ1n) is 5.98. The highest BCUT2D eigenvalue weighted by molar-refractivity contribution is 5.52. The quantitative estimate of drug-likeness (QED) is 0.838. The molecule has 1 aromatic carbocycles. The Kier molecular flexibility index (Phi) is 3.52. The number of hydrogen-bond donors (Lipinski definition) is 1. The van der Waals surface area contributed by atoms with E-state index in [2.05, 4.69) is 0 Å². The Morgan fingerprint density at radius 3 is 2.61 bits per heavy atom. The molecule has 100 valence electrons. The molecule has 5 heteroatoms. The van der Waals surface area contributed by atoms with Crippen LogP contribution >= 0.6 is 0 Å². The Hall–Kier alpha value is -1.23. The van der Waals surface area contributed by atoms with Crippen LogP contribution in [0.2, 0.25) is 0 Å². The average Bonchev–Trinajstić information content (AvgIpc) is 2.27. The number of aliphatic hydroxyl groups excluding tert-OH is 1. The molecule has 0 aromatic heterocycles. The molecule has 1 fully saturated rings. The summed E-state index contributed by atoms with van der Waals surface area (Å²) in [7, 11) is 0. The molecular weight excluding hydrogens is 243 g/mol. The lowest BCUT2D eigenvalue weighted by Crippen LogP contribution is -2.38. The van der Waals surface area contributed by atoms with E-state index in [1.54, 1.807) is 13.0 Å². The summed E-state index contributed by atoms with van der Waals surface area (Å²) < 4.78 is 38.2. The third kappa shape index (κ3) is 2.96. The van der Waals surface area contributed by atoms with Crippen LogP contribution in [-0.2, 0) is 6.18 Å². The van der Waals surface area contributed by atoms with Crippen molar-refractivity contribution in [1.82, 2.24) is 0 Å². The van der Waals surface area contributed by atoms with E-state index in [1.165, 1.54) is 0 Å². The lowest BCUT2D eigenvalue weighted by atomic mass is 10.0. The largest absolute Gasteiger partial charge is 0.416 e. The summed E-state index contributed by atoms with van der Waals surface area (Å²) in [6, 6.07) is 4.03. The molecule has 0 amide bonds. The van der Waals surface area contributed by atoms with Crippen molar-refractivity contribution in [2.75, 3.05) is 18.0 Å². The summed E-state index contributed by atoms with van der Waals surface area (Å²) in [5.74, 6) is 0. The summed E-state index contributed by atoms with van der Waals surface area (Å²) in [5.41, 5.74) is 0.499. The van der Waals surface area contributed by atoms with E-state index in [0.29, 0.717) is 30.8 Å². The molecular formula is C13H16F3NO. The fraction of sp³-hybridized carbons (Fsp3) is 0.538. The van der Waals surface area contributed by atoms with Crippen molar-refractivity contribution in [3.05, 3.63) is 29.3 Å². The summed E-state index contributed by atoms with van der Waals surface area (Å²) in [6.45, 7) is 2.75. The van der Waals surface area contributed by atoms with Gasteiger partial charge in [0.2, 0.25) is 0 Å². The zero-order valence-corrected chi connectivity index (χ0v) is 10.2. The standard InChI is InChI=1S/C13H16F3NO/c1-9-5-10(13(14,15)16)7-11(6-9)17-4-2-3-12(18)8-17/h5-7,12,18H,2-4,8H2,1H3. The number of aliphatic hydroxyl groups is 1. The Morgan fingerprint density at radius 1 is 1.28 bits per heavy atom. The number of benzene rings is 1. The normalized spacial score (nSPS) is 21.2. The van der Waals surface area contributed by atoms with Gasteiger partial charge < -0.3 is 10.0 Å². The number of hydrogen-bond acceptors (Lipinski definition) is 2. The van der Waals surface area contributed by atoms with Gasteiger partial charge in [0, 0.05) is 18.8 Å². The molecule has 1 aliphatic rings. The van der Waals surface area contributed by atoms with Crippen molar-refractivity contribution in [3.63, 3.8) is 0 Å². The van der Waals surface area contributed by atoms with Crippen molar-refractivity contribution in [2.45, 2.75) is 32.0 Å². The van der Waals surface area contributed by atoms with Crippen LogP contribution in [0.3, 0.4) is 0 Å². The van der Waals surface area contributed by atoms with Crippen LogP contribution in [0.1, 0.15) is 24.0 Å². The predicted octanol–water partition coefficient (Wildman–Crippen LogP) is 2.97. The topological polar surface area (TPSA) is 23.5 Å². The number of rotatable bonds is 1. The van der Waals surface area contributed by atoms with Gasteiger partial charge in [0.25, 0.3) is 0 Å². The van der Waals surface area contributed by atoms with Gasteiger partial charge in [-0.3, -0.25) is 0 Å². The molecule has 1 unspecified atom stereocenters. The van der Waals surface area contributed by atoms with E-state index in [4.69, 9.17) is 0 Å². The van der Waals surface area contributed by atoms with E-state index in [0.717, 1.165) is 18.6 Å². The van der Waals surface area contributed by atoms with Gasteiger partial charge in [-0.1, -0.05) is 0 Å². The number of anilines is 1. The molecule has 0 saturated carbocycles. The molecule has 0 radical (unpaired) electrons. The third-order valence-electron chi connectivity index (χ3n) is 3.15. The van der Waals surface area contributed by atoms with Gasteiger partial charge in [-0.25, -0.2) is 0 Å². The minimum absolute atomic E-state index is 0.404. The second-order valence-corrected chi connectivity index (χ2v) is 4.80. The second kappa shape index (κ2) is 4.80. The first kappa shape index (κ1) is 13.2. The Labute approximate surface area is 104 Å². The molecule has 2 rings (SSSR count). The maximum Gasteiger partial charge on any atom is 0.416 e. The van der Waals surface area contributed by atoms with E-state index in [-0.39, 0.29) is 0 Å². The first-order chi connectivity index (χ1) is 8.36. The molecule has 1 aromatic rings. The van der Waals surface area contributed by atoms with Crippen molar-refractivity contribution < 1.29 is 18.3 Å². The molecule has 18 heavy (non-hydrogen) atoms. The zero-order chi connectivity index (χ0) is 13.3. The molecule has 1 aliphatic heterocycles. The van der Waals surface area contributed by atoms with Crippen LogP contribution in [0, 0.1) is 6.92 Å². The van der Waals surface area contributed by atoms with E-state index in [1.807, 2.05) is 4.90 Å². The molecule has 0 spiro atoms. The fourth-order valence-electron chi connectivity index (χ4n) is 2.30. The van der Waals surface area contributed by atoms with Crippen LogP contribution in [0.5, 0.6) is 0 Å². The van der Waals surface area contributed by atoms with Gasteiger partial charge >= 0.3 is 6.18 Å². The Bertz CT molecular complexity index is 431. The molecule has 1 saturated heterocycles. The van der Waals surface area contributed by atoms with Gasteiger partial charge in [0.1, 0.15) is 0 Å². The highest BCUT2D eigenvalue weighted by Gasteiger charge is 2.31. The zero-order valence-electron chi connectivity index (χ0n) is 10.2. The Balaban J connectivity index is 2.30. The number of β-amino-alcohol motifs (C(OH)–C–C–N with tert-alkyl or cyclic N) is 1. The smallest absolute Gasteiger partial charge is 0.391 e. The minimum Gasteiger partial charge on any atom is -0.391 e. The lowest BCUT2D eigenvalue weighted by molar-refractivity contribution is -0.137. The molecule has 0 aliphatic carbocycles. The number of aryl methyl sites for hydroxylation is 1. The van der Waals surface area contributed by atoms with Crippen molar-refractivity contribution >= 4 is 5.69 Å². The van der Waals surface area contributed by atoms with Crippen molar-refractivity contribution in [3.8, 4) is 0 Å². The van der Waals surface area contributed by atoms with E-state index < -0.39 is 17.8 Å². The number of alkyl halides is 3. The van der Waals surface area contributed by atoms with Crippen molar-refractivity contribution in [1.29, 1.82) is 0 Å². The SMILES string of the molecule is Cc1cc(N2CCCC(O)C2)cc(C(F)(F)F)c1. The summed E-state index contributed by atoms with van der Waals surface area (Å²) in [4.78, 5) is 1.82. The molecule has 1 atom stereocenters. The maximum atomic E-state index is 12.7. The van der Waals surface area contributed by atoms with Crippen molar-refractivity contribution in [2.24, 2.45) is 0 Å². The third-order valence-corrected chi connectivity index (χ3v) is 3.15. The highest BCUT2D eigenvalue weighted by Crippen LogP contribution is 2.33. The summed E-state index contributed by atoms with van der Waals surface area (Å²) in [6.07, 6.45) is -3.26. The van der Waals surface area contributed by atoms with Gasteiger partial charge in [0.05, 0.1) is 11.7 Å². The van der Waals surface area contributed by atoms with Crippen LogP contribution in [0.25, 0.3) is 0 Å². The van der Waals surface area contributed by atoms with Gasteiger partial charge in [0.15, 0.2) is 0 Å². The molecule has 1 heterocycles. The number of halogens is 3. The van der Waals surface area contributed by atoms with Gasteiger partial charge in [-0.05, 0) is 43.5 Å². The summed E-state index contributed by atoms with van der Waals surface area (Å²) in [5, 5.41) is 9.58. The average molecular weight is 259 g/mol. The van der Waals surface area contributed by atoms with Gasteiger partial charge in [-0.15, -0.1) is 0 Å². The Morgan fingerprint density at radius 2 is 2.00 bits per heavy atom. The van der Waals surface area contributed by atoms with Crippen LogP contribution in [0.4, 0.5) is 18.9 Å². The summed E-state index contributed by atoms with van der Waals surface area (Å²) >= 11 is 0. The number of nitrogens with zero attached hydrogens (tertiary/aromatic N) is 1. The first-order valence-corrected chi connectivity index (χ1v) is 5.98. The van der Waals surface area contributed by atoms with Crippen LogP contribution < -0.4 is 4.90 Å². The molecule has 0 bridgehead atoms. The second-order valence-electron chi connectivity index (χ2n) is 4.80.